The number of aromatic nitrogens is 1. The predicted molar refractivity (Wildman–Crippen MR) is 131 cm³/mol. The van der Waals surface area contributed by atoms with Crippen LogP contribution in [0.15, 0.2) is 60.7 Å². The lowest BCUT2D eigenvalue weighted by molar-refractivity contribution is -0.633. The van der Waals surface area contributed by atoms with Crippen molar-refractivity contribution >= 4 is 67.1 Å². The summed E-state index contributed by atoms with van der Waals surface area (Å²) in [5.41, 5.74) is -3.44. The molecular formula is C24H16Cl2F3NO7S. The van der Waals surface area contributed by atoms with E-state index in [1.54, 1.807) is 66.1 Å². The first-order valence-electron chi connectivity index (χ1n) is 10.4. The van der Waals surface area contributed by atoms with Gasteiger partial charge in [-0.25, -0.2) is 18.0 Å². The standard InChI is InChI=1S/C23H15Cl2NO4.CHF3O3S/c1-13-10-14(24)11-17(25)22(13)30-23(29)21-15-6-2-4-8-18(15)26(12-20(27)28)19-9-5-3-7-16(19)21;2-1(3,4)8(5,6)7/h2-11H,12H2,1H3;(H,5,6,7). The van der Waals surface area contributed by atoms with Crippen LogP contribution in [0, 0.1) is 6.92 Å². The maximum Gasteiger partial charge on any atom is 0.485 e. The first-order valence-corrected chi connectivity index (χ1v) is 12.5. The van der Waals surface area contributed by atoms with Crippen molar-refractivity contribution in [3.05, 3.63) is 81.8 Å². The van der Waals surface area contributed by atoms with Crippen molar-refractivity contribution < 1.29 is 50.1 Å². The molecule has 0 aliphatic rings. The van der Waals surface area contributed by atoms with Gasteiger partial charge in [-0.05, 0) is 36.8 Å². The van der Waals surface area contributed by atoms with Gasteiger partial charge < -0.3 is 14.4 Å². The number of hydrogen-bond acceptors (Lipinski definition) is 6. The van der Waals surface area contributed by atoms with Crippen molar-refractivity contribution in [3.63, 3.8) is 0 Å². The third-order valence-electron chi connectivity index (χ3n) is 5.10. The van der Waals surface area contributed by atoms with Crippen LogP contribution < -0.4 is 9.30 Å². The molecule has 14 heteroatoms. The van der Waals surface area contributed by atoms with Gasteiger partial charge in [0.05, 0.1) is 21.4 Å². The van der Waals surface area contributed by atoms with Crippen molar-refractivity contribution in [1.82, 2.24) is 0 Å². The SMILES string of the molecule is Cc1cc(Cl)cc(Cl)c1OC(=O)c1c2ccccc2[n+](CC(=O)O)c2ccccc12.O=S(=O)([O-])C(F)(F)F. The highest BCUT2D eigenvalue weighted by Gasteiger charge is 2.37. The second-order valence-corrected chi connectivity index (χ2v) is 9.93. The number of esters is 1. The molecule has 0 amide bonds. The summed E-state index contributed by atoms with van der Waals surface area (Å²) in [6.07, 6.45) is 0. The Kier molecular flexibility index (Phi) is 8.52. The molecule has 0 saturated carbocycles. The second-order valence-electron chi connectivity index (χ2n) is 7.71. The van der Waals surface area contributed by atoms with E-state index in [0.29, 0.717) is 38.0 Å². The molecule has 3 aromatic carbocycles. The molecule has 0 fully saturated rings. The number of carbonyl (C=O) groups is 2. The van der Waals surface area contributed by atoms with Crippen molar-refractivity contribution in [2.45, 2.75) is 19.0 Å². The van der Waals surface area contributed by atoms with E-state index in [1.165, 1.54) is 6.07 Å². The number of fused-ring (bicyclic) bond motifs is 2. The molecule has 1 aromatic heterocycles. The molecule has 1 heterocycles. The topological polar surface area (TPSA) is 125 Å². The minimum absolute atomic E-state index is 0.235. The summed E-state index contributed by atoms with van der Waals surface area (Å²) < 4.78 is 66.3. The van der Waals surface area contributed by atoms with Gasteiger partial charge in [0.15, 0.2) is 15.9 Å². The zero-order valence-corrected chi connectivity index (χ0v) is 21.5. The second kappa shape index (κ2) is 11.1. The number of aryl methyl sites for hydroxylation is 1. The number of benzene rings is 3. The van der Waals surface area contributed by atoms with Gasteiger partial charge >= 0.3 is 17.4 Å². The molecule has 0 saturated heterocycles. The number of pyridine rings is 1. The Bertz CT molecular complexity index is 1600. The van der Waals surface area contributed by atoms with E-state index in [4.69, 9.17) is 40.9 Å². The van der Waals surface area contributed by atoms with Crippen LogP contribution >= 0.6 is 23.2 Å². The molecule has 1 N–H and O–H groups in total. The Morgan fingerprint density at radius 3 is 1.89 bits per heavy atom. The van der Waals surface area contributed by atoms with Crippen LogP contribution in [0.2, 0.25) is 10.0 Å². The molecule has 8 nitrogen and oxygen atoms in total. The summed E-state index contributed by atoms with van der Waals surface area (Å²) in [6.45, 7) is 1.51. The van der Waals surface area contributed by atoms with Gasteiger partial charge in [0.2, 0.25) is 17.6 Å². The number of rotatable bonds is 4. The number of para-hydroxylation sites is 2. The molecule has 0 radical (unpaired) electrons. The zero-order chi connectivity index (χ0) is 28.4. The average Bonchev–Trinajstić information content (AvgIpc) is 2.80. The Morgan fingerprint density at radius 2 is 1.47 bits per heavy atom. The number of carboxylic acids is 1. The molecular weight excluding hydrogens is 574 g/mol. The molecule has 4 rings (SSSR count). The average molecular weight is 590 g/mol. The van der Waals surface area contributed by atoms with Crippen LogP contribution in [-0.4, -0.2) is 35.5 Å². The molecule has 200 valence electrons. The predicted octanol–water partition coefficient (Wildman–Crippen LogP) is 5.25. The fourth-order valence-corrected chi connectivity index (χ4v) is 4.24. The Balaban J connectivity index is 0.000000436. The van der Waals surface area contributed by atoms with Gasteiger partial charge in [-0.15, -0.1) is 0 Å². The summed E-state index contributed by atoms with van der Waals surface area (Å²) in [6, 6.07) is 17.5. The lowest BCUT2D eigenvalue weighted by Gasteiger charge is -2.13. The van der Waals surface area contributed by atoms with Gasteiger partial charge in [0.1, 0.15) is 0 Å². The number of ether oxygens (including phenoxy) is 1. The van der Waals surface area contributed by atoms with E-state index in [2.05, 4.69) is 0 Å². The maximum atomic E-state index is 13.3. The maximum absolute atomic E-state index is 13.3. The highest BCUT2D eigenvalue weighted by molar-refractivity contribution is 7.86. The number of carbonyl (C=O) groups excluding carboxylic acids is 1. The van der Waals surface area contributed by atoms with Crippen LogP contribution in [0.1, 0.15) is 15.9 Å². The summed E-state index contributed by atoms with van der Waals surface area (Å²) in [7, 11) is -6.09. The minimum Gasteiger partial charge on any atom is -0.741 e. The lowest BCUT2D eigenvalue weighted by Crippen LogP contribution is -2.40. The number of hydrogen-bond donors (Lipinski definition) is 1. The van der Waals surface area contributed by atoms with E-state index >= 15 is 0 Å². The van der Waals surface area contributed by atoms with Crippen molar-refractivity contribution in [1.29, 1.82) is 0 Å². The molecule has 0 bridgehead atoms. The summed E-state index contributed by atoms with van der Waals surface area (Å²) in [5.74, 6) is -1.33. The first-order chi connectivity index (χ1) is 17.6. The van der Waals surface area contributed by atoms with E-state index in [0.717, 1.165) is 0 Å². The Morgan fingerprint density at radius 1 is 1.00 bits per heavy atom. The Hall–Kier alpha value is -3.45. The molecule has 38 heavy (non-hydrogen) atoms. The normalized spacial score (nSPS) is 11.7. The van der Waals surface area contributed by atoms with Crippen molar-refractivity contribution in [2.75, 3.05) is 0 Å². The van der Waals surface area contributed by atoms with Gasteiger partial charge in [0.25, 0.3) is 0 Å². The minimum atomic E-state index is -6.09. The zero-order valence-electron chi connectivity index (χ0n) is 19.1. The van der Waals surface area contributed by atoms with E-state index in [1.807, 2.05) is 0 Å². The molecule has 0 atom stereocenters. The van der Waals surface area contributed by atoms with Crippen LogP contribution in [0.4, 0.5) is 13.2 Å². The number of alkyl halides is 3. The summed E-state index contributed by atoms with van der Waals surface area (Å²) >= 11 is 12.3. The van der Waals surface area contributed by atoms with E-state index < -0.39 is 27.6 Å². The number of halogens is 5. The monoisotopic (exact) mass is 589 g/mol. The molecule has 4 aromatic rings. The van der Waals surface area contributed by atoms with E-state index in [9.17, 15) is 27.9 Å². The van der Waals surface area contributed by atoms with Gasteiger partial charge in [-0.3, -0.25) is 0 Å². The third kappa shape index (κ3) is 6.33. The van der Waals surface area contributed by atoms with Gasteiger partial charge in [-0.1, -0.05) is 47.5 Å². The Labute approximate surface area is 223 Å². The fraction of sp³-hybridized carbons (Fsp3) is 0.125. The van der Waals surface area contributed by atoms with Crippen molar-refractivity contribution in [3.8, 4) is 5.75 Å². The van der Waals surface area contributed by atoms with Crippen LogP contribution in [0.3, 0.4) is 0 Å². The van der Waals surface area contributed by atoms with Gasteiger partial charge in [0, 0.05) is 17.2 Å². The largest absolute Gasteiger partial charge is 0.741 e. The van der Waals surface area contributed by atoms with Gasteiger partial charge in [-0.2, -0.15) is 17.7 Å². The van der Waals surface area contributed by atoms with Crippen LogP contribution in [-0.2, 0) is 21.5 Å². The molecule has 0 unspecified atom stereocenters. The highest BCUT2D eigenvalue weighted by Crippen LogP contribution is 2.34. The third-order valence-corrected chi connectivity index (χ3v) is 6.16. The van der Waals surface area contributed by atoms with E-state index in [-0.39, 0.29) is 17.3 Å². The number of carboxylic acid groups (broad SMARTS) is 1. The summed E-state index contributed by atoms with van der Waals surface area (Å²) in [4.78, 5) is 24.8. The quantitative estimate of drug-likeness (QED) is 0.0860. The highest BCUT2D eigenvalue weighted by atomic mass is 35.5. The first kappa shape index (κ1) is 29.1. The van der Waals surface area contributed by atoms with Crippen LogP contribution in [0.5, 0.6) is 5.75 Å². The van der Waals surface area contributed by atoms with Crippen LogP contribution in [0.25, 0.3) is 21.8 Å². The van der Waals surface area contributed by atoms with Crippen molar-refractivity contribution in [2.24, 2.45) is 0 Å². The number of nitrogens with zero attached hydrogens (tertiary/aromatic N) is 1. The summed E-state index contributed by atoms with van der Waals surface area (Å²) in [5, 5.41) is 11.3. The smallest absolute Gasteiger partial charge is 0.485 e. The molecule has 0 spiro atoms. The molecule has 0 aliphatic carbocycles. The lowest BCUT2D eigenvalue weighted by atomic mass is 10.0. The fourth-order valence-electron chi connectivity index (χ4n) is 3.60. The molecule has 0 aliphatic heterocycles. The number of aliphatic carboxylic acids is 1.